The number of para-hydroxylation sites is 2. The Morgan fingerprint density at radius 2 is 0.692 bits per heavy atom. The molecule has 0 saturated carbocycles. The molecule has 0 amide bonds. The summed E-state index contributed by atoms with van der Waals surface area (Å²) in [5.41, 5.74) is 0. The maximum Gasteiger partial charge on any atom is 0.150 e. The molecule has 0 aliphatic rings. The van der Waals surface area contributed by atoms with Gasteiger partial charge in [-0.2, -0.15) is 0 Å². The van der Waals surface area contributed by atoms with Gasteiger partial charge in [-0.05, 0) is 59.3 Å². The van der Waals surface area contributed by atoms with Crippen molar-refractivity contribution in [1.29, 1.82) is 0 Å². The average molecular weight is 354 g/mol. The van der Waals surface area contributed by atoms with Crippen LogP contribution in [0.1, 0.15) is 0 Å². The van der Waals surface area contributed by atoms with Gasteiger partial charge in [0.05, 0.1) is 0 Å². The lowest BCUT2D eigenvalue weighted by atomic mass is 10.3. The van der Waals surface area contributed by atoms with Crippen LogP contribution in [0.5, 0.6) is 23.0 Å². The molecule has 0 fully saturated rings. The molecule has 134 valence electrons. The van der Waals surface area contributed by atoms with Crippen molar-refractivity contribution in [2.75, 3.05) is 0 Å². The van der Waals surface area contributed by atoms with Crippen molar-refractivity contribution in [3.05, 3.63) is 95.3 Å². The summed E-state index contributed by atoms with van der Waals surface area (Å²) in [6, 6.07) is 22.7. The largest absolute Gasteiger partial charge is 0.718 e. The van der Waals surface area contributed by atoms with Crippen LogP contribution in [-0.2, 0) is 0 Å². The fourth-order valence-corrected chi connectivity index (χ4v) is 1.91. The first-order chi connectivity index (χ1) is 12.7. The van der Waals surface area contributed by atoms with E-state index in [0.717, 1.165) is 0 Å². The lowest BCUT2D eigenvalue weighted by Crippen LogP contribution is -2.25. The second-order valence-electron chi connectivity index (χ2n) is 4.91. The van der Waals surface area contributed by atoms with Crippen LogP contribution >= 0.6 is 0 Å². The number of hydrogen-bond acceptors (Lipinski definition) is 8. The summed E-state index contributed by atoms with van der Waals surface area (Å²) in [6.45, 7) is 0. The predicted molar refractivity (Wildman–Crippen MR) is 92.3 cm³/mol. The lowest BCUT2D eigenvalue weighted by molar-refractivity contribution is -0.217. The van der Waals surface area contributed by atoms with Gasteiger partial charge in [-0.1, -0.05) is 36.4 Å². The van der Waals surface area contributed by atoms with Gasteiger partial charge in [0.15, 0.2) is 11.5 Å². The van der Waals surface area contributed by atoms with E-state index in [1.165, 1.54) is 24.3 Å². The van der Waals surface area contributed by atoms with Crippen molar-refractivity contribution in [2.24, 2.45) is 0 Å². The molecule has 0 unspecified atom stereocenters. The second kappa shape index (κ2) is 8.70. The normalized spacial score (nSPS) is 10.6. The maximum absolute atomic E-state index is 11.6. The Kier molecular flexibility index (Phi) is 5.86. The lowest BCUT2D eigenvalue weighted by Gasteiger charge is -2.27. The van der Waals surface area contributed by atoms with Gasteiger partial charge in [0, 0.05) is 0 Å². The Morgan fingerprint density at radius 1 is 0.423 bits per heavy atom. The highest BCUT2D eigenvalue weighted by molar-refractivity contribution is 5.31. The summed E-state index contributed by atoms with van der Waals surface area (Å²) < 4.78 is 0. The van der Waals surface area contributed by atoms with Gasteiger partial charge in [-0.3, -0.25) is 0 Å². The minimum absolute atomic E-state index is 0.0242. The third kappa shape index (κ3) is 5.36. The third-order valence-corrected chi connectivity index (χ3v) is 3.03. The molecule has 0 bridgehead atoms. The highest BCUT2D eigenvalue weighted by Gasteiger charge is 2.02. The van der Waals surface area contributed by atoms with E-state index in [1.807, 2.05) is 0 Å². The molecule has 3 rings (SSSR count). The first-order valence-electron chi connectivity index (χ1n) is 7.55. The van der Waals surface area contributed by atoms with E-state index in [2.05, 4.69) is 0 Å². The third-order valence-electron chi connectivity index (χ3n) is 3.03. The highest BCUT2D eigenvalue weighted by Crippen LogP contribution is 2.20. The Hall–Kier alpha value is -3.30. The van der Waals surface area contributed by atoms with Gasteiger partial charge in [-0.25, -0.2) is 0 Å². The van der Waals surface area contributed by atoms with Crippen molar-refractivity contribution in [2.45, 2.75) is 0 Å². The minimum Gasteiger partial charge on any atom is -0.718 e. The monoisotopic (exact) mass is 354 g/mol. The zero-order valence-electron chi connectivity index (χ0n) is 13.4. The molecule has 3 aromatic rings. The quantitative estimate of drug-likeness (QED) is 0.563. The molecule has 0 spiro atoms. The van der Waals surface area contributed by atoms with Crippen LogP contribution < -0.4 is 19.4 Å². The first-order valence-corrected chi connectivity index (χ1v) is 7.55. The Labute approximate surface area is 149 Å². The molecule has 26 heavy (non-hydrogen) atoms. The molecular weight excluding hydrogens is 340 g/mol. The second-order valence-corrected chi connectivity index (χ2v) is 4.91. The molecule has 8 nitrogen and oxygen atoms in total. The van der Waals surface area contributed by atoms with Crippen LogP contribution in [0, 0.1) is 10.4 Å². The minimum atomic E-state index is -0.0242. The van der Waals surface area contributed by atoms with Crippen molar-refractivity contribution >= 4 is 0 Å². The fraction of sp³-hybridized carbons (Fsp3) is 0. The van der Waals surface area contributed by atoms with Crippen LogP contribution in [0.2, 0.25) is 0 Å². The number of benzene rings is 3. The maximum atomic E-state index is 11.6. The van der Waals surface area contributed by atoms with E-state index in [9.17, 15) is 10.4 Å². The Bertz CT molecular complexity index is 717. The summed E-state index contributed by atoms with van der Waals surface area (Å²) in [7, 11) is 0. The number of rotatable bonds is 8. The molecule has 0 aliphatic carbocycles. The zero-order valence-corrected chi connectivity index (χ0v) is 13.4. The van der Waals surface area contributed by atoms with Gasteiger partial charge in [0.2, 0.25) is 0 Å². The smallest absolute Gasteiger partial charge is 0.150 e. The van der Waals surface area contributed by atoms with Crippen molar-refractivity contribution < 1.29 is 19.4 Å². The molecule has 8 heteroatoms. The van der Waals surface area contributed by atoms with Crippen LogP contribution in [0.4, 0.5) is 0 Å². The van der Waals surface area contributed by atoms with E-state index in [1.54, 1.807) is 60.7 Å². The summed E-state index contributed by atoms with van der Waals surface area (Å²) in [6.07, 6.45) is 0. The standard InChI is InChI=1S/C18H14N2O6/c21-19(23-15-7-3-1-4-8-15)25-17-11-13-18(14-12-17)26-20(22)24-16-9-5-2-6-10-16/h1-14H/q-2. The molecular formula is C18H14N2O6-2. The highest BCUT2D eigenvalue weighted by atomic mass is 17.1. The number of hydrogen-bond donors (Lipinski definition) is 0. The topological polar surface area (TPSA) is 89.5 Å². The van der Waals surface area contributed by atoms with Gasteiger partial charge >= 0.3 is 0 Å². The SMILES string of the molecule is [O-]N(Oc1ccccc1)Oc1ccc(ON([O-])Oc2ccccc2)cc1. The fourth-order valence-electron chi connectivity index (χ4n) is 1.91. The van der Waals surface area contributed by atoms with Gasteiger partial charge in [0.1, 0.15) is 11.5 Å². The van der Waals surface area contributed by atoms with E-state index in [-0.39, 0.29) is 22.3 Å². The van der Waals surface area contributed by atoms with Crippen LogP contribution in [0.3, 0.4) is 0 Å². The molecule has 0 atom stereocenters. The van der Waals surface area contributed by atoms with E-state index in [4.69, 9.17) is 19.4 Å². The summed E-state index contributed by atoms with van der Waals surface area (Å²) in [5.74, 6) is 1.07. The van der Waals surface area contributed by atoms with Crippen molar-refractivity contribution in [3.63, 3.8) is 0 Å². The predicted octanol–water partition coefficient (Wildman–Crippen LogP) is 3.86. The molecule has 0 N–H and O–H groups in total. The molecule has 3 aromatic carbocycles. The molecule has 0 radical (unpaired) electrons. The van der Waals surface area contributed by atoms with Crippen LogP contribution in [0.25, 0.3) is 0 Å². The average Bonchev–Trinajstić information content (AvgIpc) is 2.65. The van der Waals surface area contributed by atoms with Gasteiger partial charge in [0.25, 0.3) is 0 Å². The van der Waals surface area contributed by atoms with E-state index >= 15 is 0 Å². The van der Waals surface area contributed by atoms with Gasteiger partial charge < -0.3 is 29.8 Å². The van der Waals surface area contributed by atoms with E-state index < -0.39 is 0 Å². The molecule has 0 saturated heterocycles. The van der Waals surface area contributed by atoms with Gasteiger partial charge in [-0.15, -0.1) is 0 Å². The summed E-state index contributed by atoms with van der Waals surface area (Å²) >= 11 is 0. The van der Waals surface area contributed by atoms with Crippen LogP contribution in [-0.4, -0.2) is 10.8 Å². The Balaban J connectivity index is 1.50. The number of nitrogens with zero attached hydrogens (tertiary/aromatic N) is 2. The van der Waals surface area contributed by atoms with Crippen LogP contribution in [0.15, 0.2) is 84.9 Å². The summed E-state index contributed by atoms with van der Waals surface area (Å²) in [4.78, 5) is 19.8. The summed E-state index contributed by atoms with van der Waals surface area (Å²) in [5, 5.41) is 23.2. The Morgan fingerprint density at radius 3 is 1.00 bits per heavy atom. The first kappa shape index (κ1) is 17.5. The molecule has 0 aliphatic heterocycles. The zero-order chi connectivity index (χ0) is 18.2. The van der Waals surface area contributed by atoms with E-state index in [0.29, 0.717) is 11.5 Å². The molecule has 0 aromatic heterocycles. The van der Waals surface area contributed by atoms with Crippen molar-refractivity contribution in [1.82, 2.24) is 10.8 Å². The molecule has 0 heterocycles. The van der Waals surface area contributed by atoms with Crippen molar-refractivity contribution in [3.8, 4) is 23.0 Å².